The minimum atomic E-state index is -1.40. The molecule has 1 aromatic carbocycles. The van der Waals surface area contributed by atoms with Crippen molar-refractivity contribution in [2.75, 3.05) is 0 Å². The van der Waals surface area contributed by atoms with Gasteiger partial charge in [-0.15, -0.1) is 6.42 Å². The first-order valence-electron chi connectivity index (χ1n) is 5.91. The third-order valence-electron chi connectivity index (χ3n) is 2.88. The van der Waals surface area contributed by atoms with Gasteiger partial charge in [0, 0.05) is 0 Å². The van der Waals surface area contributed by atoms with E-state index in [4.69, 9.17) is 6.42 Å². The summed E-state index contributed by atoms with van der Waals surface area (Å²) in [5.41, 5.74) is -1.80. The molecule has 0 heterocycles. The summed E-state index contributed by atoms with van der Waals surface area (Å²) >= 11 is 0. The smallest absolute Gasteiger partial charge is 0.161 e. The van der Waals surface area contributed by atoms with E-state index >= 15 is 0 Å². The van der Waals surface area contributed by atoms with Crippen molar-refractivity contribution in [3.63, 3.8) is 0 Å². The highest BCUT2D eigenvalue weighted by atomic mass is 16.3. The molecular formula is C16H18O2. The molecule has 2 atom stereocenters. The second kappa shape index (κ2) is 5.74. The second-order valence-corrected chi connectivity index (χ2v) is 4.48. The lowest BCUT2D eigenvalue weighted by Gasteiger charge is -2.20. The lowest BCUT2D eigenvalue weighted by atomic mass is 9.91. The van der Waals surface area contributed by atoms with E-state index in [0.717, 1.165) is 0 Å². The monoisotopic (exact) mass is 242 g/mol. The number of hydrogen-bond donors (Lipinski definition) is 2. The molecule has 0 fully saturated rings. The van der Waals surface area contributed by atoms with Crippen LogP contribution in [0.4, 0.5) is 0 Å². The van der Waals surface area contributed by atoms with Crippen LogP contribution in [0, 0.1) is 24.2 Å². The van der Waals surface area contributed by atoms with Crippen LogP contribution < -0.4 is 0 Å². The quantitative estimate of drug-likeness (QED) is 0.797. The van der Waals surface area contributed by atoms with E-state index in [0.29, 0.717) is 12.0 Å². The first-order valence-corrected chi connectivity index (χ1v) is 5.91. The highest BCUT2D eigenvalue weighted by Gasteiger charge is 2.25. The van der Waals surface area contributed by atoms with Gasteiger partial charge in [-0.25, -0.2) is 0 Å². The Morgan fingerprint density at radius 2 is 1.83 bits per heavy atom. The van der Waals surface area contributed by atoms with Gasteiger partial charge in [-0.1, -0.05) is 55.0 Å². The Balaban J connectivity index is 2.90. The summed E-state index contributed by atoms with van der Waals surface area (Å²) in [6.45, 7) is 3.48. The molecule has 0 aromatic heterocycles. The molecule has 0 radical (unpaired) electrons. The van der Waals surface area contributed by atoms with Crippen molar-refractivity contribution >= 4 is 0 Å². The molecular weight excluding hydrogens is 224 g/mol. The van der Waals surface area contributed by atoms with Gasteiger partial charge in [-0.2, -0.15) is 0 Å². The normalized spacial score (nSPS) is 16.6. The fourth-order valence-electron chi connectivity index (χ4n) is 1.40. The molecule has 0 spiro atoms. The molecule has 0 aliphatic heterocycles. The van der Waals surface area contributed by atoms with Crippen LogP contribution in [0.25, 0.3) is 0 Å². The van der Waals surface area contributed by atoms with Gasteiger partial charge in [0.25, 0.3) is 0 Å². The predicted octanol–water partition coefficient (Wildman–Crippen LogP) is 2.06. The van der Waals surface area contributed by atoms with Crippen molar-refractivity contribution in [1.29, 1.82) is 0 Å². The van der Waals surface area contributed by atoms with E-state index in [9.17, 15) is 10.2 Å². The minimum absolute atomic E-state index is 0.101. The van der Waals surface area contributed by atoms with Crippen LogP contribution in [-0.2, 0) is 5.60 Å². The predicted molar refractivity (Wildman–Crippen MR) is 72.5 cm³/mol. The topological polar surface area (TPSA) is 40.5 Å². The van der Waals surface area contributed by atoms with Crippen LogP contribution in [0.15, 0.2) is 30.3 Å². The minimum Gasteiger partial charge on any atom is -0.378 e. The van der Waals surface area contributed by atoms with Gasteiger partial charge in [0.1, 0.15) is 5.60 Å². The van der Waals surface area contributed by atoms with Crippen molar-refractivity contribution < 1.29 is 10.2 Å². The third-order valence-corrected chi connectivity index (χ3v) is 2.88. The fraction of sp³-hybridized carbons (Fsp3) is 0.375. The largest absolute Gasteiger partial charge is 0.378 e. The van der Waals surface area contributed by atoms with E-state index in [1.165, 1.54) is 0 Å². The Hall–Kier alpha value is -1.74. The van der Waals surface area contributed by atoms with Gasteiger partial charge < -0.3 is 10.2 Å². The van der Waals surface area contributed by atoms with Gasteiger partial charge in [-0.05, 0) is 18.9 Å². The third kappa shape index (κ3) is 3.64. The van der Waals surface area contributed by atoms with Gasteiger partial charge in [0.05, 0.1) is 6.42 Å². The highest BCUT2D eigenvalue weighted by Crippen LogP contribution is 2.23. The van der Waals surface area contributed by atoms with Crippen molar-refractivity contribution in [2.24, 2.45) is 0 Å². The van der Waals surface area contributed by atoms with Crippen LogP contribution in [-0.4, -0.2) is 15.8 Å². The fourth-order valence-corrected chi connectivity index (χ4v) is 1.40. The molecule has 2 nitrogen and oxygen atoms in total. The summed E-state index contributed by atoms with van der Waals surface area (Å²) in [5, 5.41) is 20.1. The van der Waals surface area contributed by atoms with E-state index in [-0.39, 0.29) is 6.42 Å². The molecule has 1 rings (SSSR count). The number of benzene rings is 1. The van der Waals surface area contributed by atoms with Crippen molar-refractivity contribution in [1.82, 2.24) is 0 Å². The molecule has 2 unspecified atom stereocenters. The molecule has 0 saturated heterocycles. The van der Waals surface area contributed by atoms with Crippen LogP contribution in [0.2, 0.25) is 0 Å². The summed E-state index contributed by atoms with van der Waals surface area (Å²) in [6.07, 6.45) is 6.02. The van der Waals surface area contributed by atoms with Crippen LogP contribution in [0.1, 0.15) is 32.3 Å². The average molecular weight is 242 g/mol. The second-order valence-electron chi connectivity index (χ2n) is 4.48. The Morgan fingerprint density at radius 3 is 2.33 bits per heavy atom. The van der Waals surface area contributed by atoms with Crippen molar-refractivity contribution in [3.8, 4) is 24.2 Å². The zero-order valence-electron chi connectivity index (χ0n) is 10.8. The molecule has 2 heteroatoms. The molecule has 0 saturated carbocycles. The first-order chi connectivity index (χ1) is 8.43. The summed E-state index contributed by atoms with van der Waals surface area (Å²) < 4.78 is 0. The standard InChI is InChI=1S/C16H18O2/c1-4-15(3,17)12-9-13-16(18,5-2)14-10-7-6-8-11-14/h2,6-8,10-11,17-18H,4,13H2,1,3H3. The highest BCUT2D eigenvalue weighted by molar-refractivity contribution is 5.32. The molecule has 0 aliphatic carbocycles. The van der Waals surface area contributed by atoms with Gasteiger partial charge >= 0.3 is 0 Å². The molecule has 0 amide bonds. The lowest BCUT2D eigenvalue weighted by molar-refractivity contribution is 0.104. The molecule has 18 heavy (non-hydrogen) atoms. The number of terminal acetylenes is 1. The van der Waals surface area contributed by atoms with E-state index in [2.05, 4.69) is 17.8 Å². The number of aliphatic hydroxyl groups is 2. The maximum atomic E-state index is 10.3. The van der Waals surface area contributed by atoms with E-state index in [1.54, 1.807) is 19.1 Å². The zero-order valence-corrected chi connectivity index (χ0v) is 10.8. The number of hydrogen-bond acceptors (Lipinski definition) is 2. The van der Waals surface area contributed by atoms with Gasteiger partial charge in [0.15, 0.2) is 5.60 Å². The summed E-state index contributed by atoms with van der Waals surface area (Å²) in [5.74, 6) is 7.86. The zero-order chi connectivity index (χ0) is 13.6. The van der Waals surface area contributed by atoms with Gasteiger partial charge in [-0.3, -0.25) is 0 Å². The van der Waals surface area contributed by atoms with Crippen LogP contribution in [0.3, 0.4) is 0 Å². The van der Waals surface area contributed by atoms with Crippen molar-refractivity contribution in [3.05, 3.63) is 35.9 Å². The SMILES string of the molecule is C#CC(O)(CC#CC(C)(O)CC)c1ccccc1. The molecule has 1 aromatic rings. The Morgan fingerprint density at radius 1 is 1.22 bits per heavy atom. The Kier molecular flexibility index (Phi) is 4.56. The summed E-state index contributed by atoms with van der Waals surface area (Å²) in [4.78, 5) is 0. The summed E-state index contributed by atoms with van der Waals surface area (Å²) in [7, 11) is 0. The maximum absolute atomic E-state index is 10.3. The Bertz CT molecular complexity index is 485. The van der Waals surface area contributed by atoms with Gasteiger partial charge in [0.2, 0.25) is 0 Å². The lowest BCUT2D eigenvalue weighted by Crippen LogP contribution is -2.24. The molecule has 0 aliphatic rings. The molecule has 94 valence electrons. The average Bonchev–Trinajstić information content (AvgIpc) is 2.39. The van der Waals surface area contributed by atoms with Crippen molar-refractivity contribution in [2.45, 2.75) is 37.9 Å². The molecule has 0 bridgehead atoms. The first kappa shape index (κ1) is 14.3. The van der Waals surface area contributed by atoms with E-state index in [1.807, 2.05) is 25.1 Å². The van der Waals surface area contributed by atoms with Crippen LogP contribution in [0.5, 0.6) is 0 Å². The van der Waals surface area contributed by atoms with E-state index < -0.39 is 11.2 Å². The molecule has 2 N–H and O–H groups in total. The Labute approximate surface area is 109 Å². The maximum Gasteiger partial charge on any atom is 0.161 e. The van der Waals surface area contributed by atoms with Crippen LogP contribution >= 0.6 is 0 Å². The summed E-state index contributed by atoms with van der Waals surface area (Å²) in [6, 6.07) is 9.01. The number of rotatable bonds is 3.